The maximum Gasteiger partial charge on any atom is 0.201 e. The van der Waals surface area contributed by atoms with Gasteiger partial charge < -0.3 is 14.4 Å². The Bertz CT molecular complexity index is 1270. The summed E-state index contributed by atoms with van der Waals surface area (Å²) in [7, 11) is 0. The van der Waals surface area contributed by atoms with Gasteiger partial charge in [0.25, 0.3) is 0 Å². The molecule has 0 fully saturated rings. The summed E-state index contributed by atoms with van der Waals surface area (Å²) in [5.74, 6) is 0. The molecule has 33 heavy (non-hydrogen) atoms. The maximum atomic E-state index is 13.7. The minimum atomic E-state index is 0. The third kappa shape index (κ3) is 4.76. The highest BCUT2D eigenvalue weighted by molar-refractivity contribution is 6.07. The van der Waals surface area contributed by atoms with Crippen LogP contribution < -0.4 is 5.43 Å². The lowest BCUT2D eigenvalue weighted by atomic mass is 10.1. The number of fused-ring (bicyclic) bond motifs is 4. The molecule has 0 radical (unpaired) electrons. The first-order chi connectivity index (χ1) is 15.6. The fourth-order valence-corrected chi connectivity index (χ4v) is 4.61. The van der Waals surface area contributed by atoms with Gasteiger partial charge in [-0.05, 0) is 50.4 Å². The molecule has 7 nitrogen and oxygen atoms in total. The zero-order valence-corrected chi connectivity index (χ0v) is 20.9. The molecule has 4 rings (SSSR count). The van der Waals surface area contributed by atoms with Gasteiger partial charge in [0.15, 0.2) is 0 Å². The first kappa shape index (κ1) is 25.1. The highest BCUT2D eigenvalue weighted by Gasteiger charge is 2.17. The fraction of sp³-hybridized carbons (Fsp3) is 0.480. The molecular weight excluding hydrogens is 436 g/mol. The van der Waals surface area contributed by atoms with E-state index < -0.39 is 0 Å². The lowest BCUT2D eigenvalue weighted by molar-refractivity contribution is 0.287. The van der Waals surface area contributed by atoms with Gasteiger partial charge in [-0.2, -0.15) is 5.10 Å². The van der Waals surface area contributed by atoms with E-state index in [-0.39, 0.29) is 17.8 Å². The van der Waals surface area contributed by atoms with E-state index >= 15 is 0 Å². The van der Waals surface area contributed by atoms with Gasteiger partial charge in [0.1, 0.15) is 5.65 Å². The summed E-state index contributed by atoms with van der Waals surface area (Å²) >= 11 is 0. The van der Waals surface area contributed by atoms with Crippen LogP contribution in [-0.4, -0.2) is 68.4 Å². The second-order valence-corrected chi connectivity index (χ2v) is 8.17. The van der Waals surface area contributed by atoms with Crippen LogP contribution in [0.5, 0.6) is 0 Å². The van der Waals surface area contributed by atoms with Crippen LogP contribution in [0.2, 0.25) is 0 Å². The molecular formula is C25H35ClN6O. The van der Waals surface area contributed by atoms with E-state index in [9.17, 15) is 4.79 Å². The Morgan fingerprint density at radius 1 is 0.909 bits per heavy atom. The van der Waals surface area contributed by atoms with Gasteiger partial charge in [-0.1, -0.05) is 27.7 Å². The van der Waals surface area contributed by atoms with Crippen molar-refractivity contribution in [3.63, 3.8) is 0 Å². The van der Waals surface area contributed by atoms with E-state index in [0.717, 1.165) is 79.8 Å². The number of pyridine rings is 2. The molecule has 0 N–H and O–H groups in total. The predicted molar refractivity (Wildman–Crippen MR) is 140 cm³/mol. The van der Waals surface area contributed by atoms with Crippen molar-refractivity contribution in [2.75, 3.05) is 39.3 Å². The Labute approximate surface area is 201 Å². The molecule has 3 heterocycles. The second kappa shape index (κ2) is 11.1. The quantitative estimate of drug-likeness (QED) is 0.328. The lowest BCUT2D eigenvalue weighted by Crippen LogP contribution is -2.28. The van der Waals surface area contributed by atoms with Crippen molar-refractivity contribution in [1.29, 1.82) is 0 Å². The van der Waals surface area contributed by atoms with Crippen molar-refractivity contribution < 1.29 is 0 Å². The summed E-state index contributed by atoms with van der Waals surface area (Å²) in [5.41, 5.74) is 2.66. The first-order valence-corrected chi connectivity index (χ1v) is 11.8. The highest BCUT2D eigenvalue weighted by atomic mass is 35.5. The topological polar surface area (TPSA) is 59.2 Å². The van der Waals surface area contributed by atoms with E-state index in [1.54, 1.807) is 6.20 Å². The molecule has 4 aromatic rings. The molecule has 0 bridgehead atoms. The van der Waals surface area contributed by atoms with E-state index in [1.165, 1.54) is 0 Å². The molecule has 0 saturated carbocycles. The Hall–Kier alpha value is -2.48. The molecule has 0 saturated heterocycles. The van der Waals surface area contributed by atoms with E-state index in [0.29, 0.717) is 5.39 Å². The summed E-state index contributed by atoms with van der Waals surface area (Å²) in [6, 6.07) is 7.89. The van der Waals surface area contributed by atoms with Crippen molar-refractivity contribution in [3.8, 4) is 0 Å². The first-order valence-electron chi connectivity index (χ1n) is 11.8. The molecule has 0 aliphatic rings. The van der Waals surface area contributed by atoms with Crippen LogP contribution in [0.1, 0.15) is 27.7 Å². The van der Waals surface area contributed by atoms with Gasteiger partial charge in [-0.3, -0.25) is 9.48 Å². The number of rotatable bonds is 10. The number of hydrogen-bond donors (Lipinski definition) is 0. The molecule has 178 valence electrons. The predicted octanol–water partition coefficient (Wildman–Crippen LogP) is 4.00. The van der Waals surface area contributed by atoms with Gasteiger partial charge in [0.05, 0.1) is 34.5 Å². The van der Waals surface area contributed by atoms with Crippen LogP contribution >= 0.6 is 12.4 Å². The number of benzene rings is 1. The molecule has 0 atom stereocenters. The number of halogens is 1. The summed E-state index contributed by atoms with van der Waals surface area (Å²) < 4.78 is 4.22. The molecule has 0 spiro atoms. The average molecular weight is 471 g/mol. The van der Waals surface area contributed by atoms with Gasteiger partial charge in [0.2, 0.25) is 5.43 Å². The zero-order chi connectivity index (χ0) is 22.7. The zero-order valence-electron chi connectivity index (χ0n) is 20.1. The van der Waals surface area contributed by atoms with Crippen LogP contribution in [-0.2, 0) is 13.1 Å². The molecule has 3 aromatic heterocycles. The van der Waals surface area contributed by atoms with Gasteiger partial charge in [-0.15, -0.1) is 12.4 Å². The van der Waals surface area contributed by atoms with Crippen LogP contribution in [0.3, 0.4) is 0 Å². The van der Waals surface area contributed by atoms with Crippen LogP contribution in [0.4, 0.5) is 0 Å². The van der Waals surface area contributed by atoms with Crippen LogP contribution in [0.15, 0.2) is 41.5 Å². The number of likely N-dealkylation sites (N-methyl/N-ethyl adjacent to an activating group) is 2. The van der Waals surface area contributed by atoms with Crippen molar-refractivity contribution in [2.24, 2.45) is 0 Å². The smallest absolute Gasteiger partial charge is 0.201 e. The lowest BCUT2D eigenvalue weighted by Gasteiger charge is -2.21. The normalized spacial score (nSPS) is 11.8. The molecule has 0 aliphatic heterocycles. The van der Waals surface area contributed by atoms with E-state index in [2.05, 4.69) is 64.3 Å². The Morgan fingerprint density at radius 3 is 2.24 bits per heavy atom. The Kier molecular flexibility index (Phi) is 8.46. The highest BCUT2D eigenvalue weighted by Crippen LogP contribution is 2.26. The van der Waals surface area contributed by atoms with Gasteiger partial charge >= 0.3 is 0 Å². The van der Waals surface area contributed by atoms with Crippen molar-refractivity contribution in [2.45, 2.75) is 40.8 Å². The molecule has 0 aliphatic carbocycles. The second-order valence-electron chi connectivity index (χ2n) is 8.17. The van der Waals surface area contributed by atoms with Gasteiger partial charge in [-0.25, -0.2) is 4.98 Å². The standard InChI is InChI=1S/C25H34N6O.ClH/c1-5-28(6-2)14-16-30-21-12-11-19-18-27-31(17-15-29(7-3)8-4)23(19)22(21)24(32)20-10-9-13-26-25(20)30;/h9-13,18H,5-8,14-17H2,1-4H3;1H. The van der Waals surface area contributed by atoms with Crippen molar-refractivity contribution >= 4 is 45.2 Å². The summed E-state index contributed by atoms with van der Waals surface area (Å²) in [6.45, 7) is 16.1. The van der Waals surface area contributed by atoms with Crippen LogP contribution in [0.25, 0.3) is 32.8 Å². The number of hydrogen-bond acceptors (Lipinski definition) is 5. The Morgan fingerprint density at radius 2 is 1.58 bits per heavy atom. The molecule has 0 amide bonds. The van der Waals surface area contributed by atoms with Gasteiger partial charge in [0, 0.05) is 31.2 Å². The minimum absolute atomic E-state index is 0. The minimum Gasteiger partial charge on any atom is -0.324 e. The third-order valence-corrected chi connectivity index (χ3v) is 6.64. The largest absolute Gasteiger partial charge is 0.324 e. The third-order valence-electron chi connectivity index (χ3n) is 6.64. The van der Waals surface area contributed by atoms with E-state index in [1.807, 2.05) is 23.0 Å². The molecule has 0 unspecified atom stereocenters. The van der Waals surface area contributed by atoms with Crippen molar-refractivity contribution in [3.05, 3.63) is 46.9 Å². The monoisotopic (exact) mass is 470 g/mol. The number of nitrogens with zero attached hydrogens (tertiary/aromatic N) is 6. The SMILES string of the molecule is CCN(CC)CCn1ncc2ccc3c(c(=O)c4cccnc4n3CCN(CC)CC)c21.Cl. The Balaban J connectivity index is 0.00000306. The molecule has 1 aromatic carbocycles. The summed E-state index contributed by atoms with van der Waals surface area (Å²) in [6.07, 6.45) is 3.65. The van der Waals surface area contributed by atoms with Crippen LogP contribution in [0, 0.1) is 0 Å². The fourth-order valence-electron chi connectivity index (χ4n) is 4.61. The average Bonchev–Trinajstić information content (AvgIpc) is 3.25. The number of aromatic nitrogens is 4. The van der Waals surface area contributed by atoms with E-state index in [4.69, 9.17) is 0 Å². The van der Waals surface area contributed by atoms with Crippen molar-refractivity contribution in [1.82, 2.24) is 29.1 Å². The molecule has 8 heteroatoms. The summed E-state index contributed by atoms with van der Waals surface area (Å²) in [5, 5.41) is 7.08. The maximum absolute atomic E-state index is 13.7. The summed E-state index contributed by atoms with van der Waals surface area (Å²) in [4.78, 5) is 23.1.